The molecule has 206 valence electrons. The predicted molar refractivity (Wildman–Crippen MR) is 139 cm³/mol. The molecule has 1 unspecified atom stereocenters. The van der Waals surface area contributed by atoms with Crippen molar-refractivity contribution in [3.8, 4) is 16.9 Å². The van der Waals surface area contributed by atoms with Gasteiger partial charge in [-0.25, -0.2) is 0 Å². The van der Waals surface area contributed by atoms with E-state index in [0.29, 0.717) is 42.7 Å². The maximum Gasteiger partial charge on any atom is 0.417 e. The first-order valence-electron chi connectivity index (χ1n) is 12.9. The molecular formula is C30H30F3NO5. The van der Waals surface area contributed by atoms with Gasteiger partial charge in [-0.3, -0.25) is 9.59 Å². The SMILES string of the molecule is O=C(O)CCCCCOc1ccccc1C(O)N(C(=O)c1ccc(-c2ccccc2C(F)(F)F)cc1)C1CC1. The molecule has 0 radical (unpaired) electrons. The molecule has 3 aromatic rings. The van der Waals surface area contributed by atoms with Crippen LogP contribution in [0.15, 0.2) is 72.8 Å². The Morgan fingerprint density at radius 3 is 2.26 bits per heavy atom. The molecule has 1 aliphatic rings. The molecule has 1 saturated carbocycles. The highest BCUT2D eigenvalue weighted by Crippen LogP contribution is 2.39. The average molecular weight is 542 g/mol. The molecule has 0 saturated heterocycles. The number of unbranched alkanes of at least 4 members (excludes halogenated alkanes) is 2. The number of carbonyl (C=O) groups excluding carboxylic acids is 1. The summed E-state index contributed by atoms with van der Waals surface area (Å²) in [5, 5.41) is 20.0. The normalized spacial score (nSPS) is 14.1. The van der Waals surface area contributed by atoms with Crippen molar-refractivity contribution in [2.75, 3.05) is 6.61 Å². The van der Waals surface area contributed by atoms with Gasteiger partial charge in [0.15, 0.2) is 6.23 Å². The smallest absolute Gasteiger partial charge is 0.417 e. The number of rotatable bonds is 12. The lowest BCUT2D eigenvalue weighted by atomic mass is 9.98. The summed E-state index contributed by atoms with van der Waals surface area (Å²) in [7, 11) is 0. The van der Waals surface area contributed by atoms with Crippen LogP contribution in [0.2, 0.25) is 0 Å². The van der Waals surface area contributed by atoms with E-state index in [0.717, 1.165) is 18.9 Å². The molecule has 1 aliphatic carbocycles. The predicted octanol–water partition coefficient (Wildman–Crippen LogP) is 6.69. The van der Waals surface area contributed by atoms with Crippen molar-refractivity contribution < 1.29 is 37.7 Å². The van der Waals surface area contributed by atoms with Crippen molar-refractivity contribution in [2.24, 2.45) is 0 Å². The maximum atomic E-state index is 13.5. The third kappa shape index (κ3) is 7.17. The van der Waals surface area contributed by atoms with E-state index in [1.54, 1.807) is 24.3 Å². The number of alkyl halides is 3. The van der Waals surface area contributed by atoms with Crippen molar-refractivity contribution in [3.05, 3.63) is 89.5 Å². The summed E-state index contributed by atoms with van der Waals surface area (Å²) in [6, 6.07) is 17.9. The molecule has 1 amide bonds. The fourth-order valence-corrected chi connectivity index (χ4v) is 4.47. The Bertz CT molecular complexity index is 1290. The second-order valence-corrected chi connectivity index (χ2v) is 9.53. The number of halogens is 3. The molecule has 3 aromatic carbocycles. The van der Waals surface area contributed by atoms with Crippen LogP contribution in [-0.4, -0.2) is 39.6 Å². The van der Waals surface area contributed by atoms with Gasteiger partial charge < -0.3 is 19.8 Å². The number of aliphatic hydroxyl groups is 1. The Balaban J connectivity index is 1.49. The number of carboxylic acid groups (broad SMARTS) is 1. The number of hydrogen-bond acceptors (Lipinski definition) is 4. The van der Waals surface area contributed by atoms with Gasteiger partial charge >= 0.3 is 12.1 Å². The molecule has 0 heterocycles. The number of benzene rings is 3. The zero-order valence-electron chi connectivity index (χ0n) is 21.2. The highest BCUT2D eigenvalue weighted by Gasteiger charge is 2.39. The standard InChI is InChI=1S/C30H30F3NO5/c31-30(32,33)25-10-5-3-8-23(25)20-13-15-21(16-14-20)28(37)34(22-17-18-22)29(38)24-9-4-6-11-26(24)39-19-7-1-2-12-27(35)36/h3-6,8-11,13-16,22,29,38H,1-2,7,12,17-19H2,(H,35,36). The molecule has 9 heteroatoms. The summed E-state index contributed by atoms with van der Waals surface area (Å²) in [6.45, 7) is 0.335. The van der Waals surface area contributed by atoms with E-state index in [-0.39, 0.29) is 23.6 Å². The number of aliphatic hydroxyl groups excluding tert-OH is 1. The Hall–Kier alpha value is -3.85. The minimum atomic E-state index is -4.51. The molecular weight excluding hydrogens is 511 g/mol. The molecule has 4 rings (SSSR count). The zero-order chi connectivity index (χ0) is 28.0. The Labute approximate surface area is 224 Å². The molecule has 1 fully saturated rings. The van der Waals surface area contributed by atoms with Crippen LogP contribution in [-0.2, 0) is 11.0 Å². The fraction of sp³-hybridized carbons (Fsp3) is 0.333. The van der Waals surface area contributed by atoms with E-state index in [9.17, 15) is 27.9 Å². The number of ether oxygens (including phenoxy) is 1. The minimum Gasteiger partial charge on any atom is -0.493 e. The first kappa shape index (κ1) is 28.2. The van der Waals surface area contributed by atoms with Crippen LogP contribution in [0.25, 0.3) is 11.1 Å². The molecule has 0 aromatic heterocycles. The summed E-state index contributed by atoms with van der Waals surface area (Å²) in [4.78, 5) is 25.6. The van der Waals surface area contributed by atoms with Gasteiger partial charge in [-0.15, -0.1) is 0 Å². The van der Waals surface area contributed by atoms with Gasteiger partial charge in [0.2, 0.25) is 0 Å². The van der Waals surface area contributed by atoms with Gasteiger partial charge in [0.05, 0.1) is 12.2 Å². The van der Waals surface area contributed by atoms with E-state index in [4.69, 9.17) is 9.84 Å². The molecule has 6 nitrogen and oxygen atoms in total. The largest absolute Gasteiger partial charge is 0.493 e. The van der Waals surface area contributed by atoms with Crippen LogP contribution in [0.3, 0.4) is 0 Å². The number of hydrogen-bond donors (Lipinski definition) is 2. The molecule has 39 heavy (non-hydrogen) atoms. The van der Waals surface area contributed by atoms with Crippen LogP contribution in [0, 0.1) is 0 Å². The Morgan fingerprint density at radius 2 is 1.59 bits per heavy atom. The Morgan fingerprint density at radius 1 is 0.923 bits per heavy atom. The lowest BCUT2D eigenvalue weighted by Crippen LogP contribution is -2.37. The van der Waals surface area contributed by atoms with Crippen LogP contribution in [0.1, 0.15) is 66.2 Å². The van der Waals surface area contributed by atoms with Crippen molar-refractivity contribution >= 4 is 11.9 Å². The Kier molecular flexibility index (Phi) is 8.91. The third-order valence-corrected chi connectivity index (χ3v) is 6.60. The topological polar surface area (TPSA) is 87.1 Å². The van der Waals surface area contributed by atoms with Gasteiger partial charge in [-0.2, -0.15) is 13.2 Å². The minimum absolute atomic E-state index is 0.0251. The summed E-state index contributed by atoms with van der Waals surface area (Å²) >= 11 is 0. The molecule has 0 bridgehead atoms. The first-order chi connectivity index (χ1) is 18.7. The number of carbonyl (C=O) groups is 2. The number of carboxylic acids is 1. The second kappa shape index (κ2) is 12.3. The van der Waals surface area contributed by atoms with E-state index in [1.165, 1.54) is 47.4 Å². The van der Waals surface area contributed by atoms with Crippen LogP contribution < -0.4 is 4.74 Å². The van der Waals surface area contributed by atoms with Gasteiger partial charge in [-0.1, -0.05) is 48.5 Å². The average Bonchev–Trinajstić information content (AvgIpc) is 3.75. The lowest BCUT2D eigenvalue weighted by Gasteiger charge is -2.29. The van der Waals surface area contributed by atoms with Gasteiger partial charge in [0.25, 0.3) is 5.91 Å². The van der Waals surface area contributed by atoms with Gasteiger partial charge in [0.1, 0.15) is 5.75 Å². The van der Waals surface area contributed by atoms with E-state index >= 15 is 0 Å². The number of amides is 1. The van der Waals surface area contributed by atoms with Crippen molar-refractivity contribution in [2.45, 2.75) is 57.0 Å². The summed E-state index contributed by atoms with van der Waals surface area (Å²) in [5.41, 5.74) is 0.292. The first-order valence-corrected chi connectivity index (χ1v) is 12.9. The molecule has 0 aliphatic heterocycles. The zero-order valence-corrected chi connectivity index (χ0v) is 21.2. The quantitative estimate of drug-likeness (QED) is 0.197. The third-order valence-electron chi connectivity index (χ3n) is 6.60. The second-order valence-electron chi connectivity index (χ2n) is 9.53. The van der Waals surface area contributed by atoms with Crippen LogP contribution in [0.5, 0.6) is 5.75 Å². The fourth-order valence-electron chi connectivity index (χ4n) is 4.47. The van der Waals surface area contributed by atoms with Crippen molar-refractivity contribution in [1.29, 1.82) is 0 Å². The van der Waals surface area contributed by atoms with Gasteiger partial charge in [-0.05, 0) is 67.5 Å². The maximum absolute atomic E-state index is 13.5. The number of aliphatic carboxylic acids is 1. The number of nitrogens with zero attached hydrogens (tertiary/aromatic N) is 1. The molecule has 1 atom stereocenters. The van der Waals surface area contributed by atoms with E-state index in [1.807, 2.05) is 0 Å². The van der Waals surface area contributed by atoms with Gasteiger partial charge in [0, 0.05) is 23.6 Å². The lowest BCUT2D eigenvalue weighted by molar-refractivity contribution is -0.138. The summed E-state index contributed by atoms with van der Waals surface area (Å²) in [5.74, 6) is -0.833. The van der Waals surface area contributed by atoms with Crippen molar-refractivity contribution in [3.63, 3.8) is 0 Å². The van der Waals surface area contributed by atoms with E-state index < -0.39 is 29.8 Å². The highest BCUT2D eigenvalue weighted by atomic mass is 19.4. The molecule has 0 spiro atoms. The van der Waals surface area contributed by atoms with Crippen LogP contribution in [0.4, 0.5) is 13.2 Å². The van der Waals surface area contributed by atoms with E-state index in [2.05, 4.69) is 0 Å². The van der Waals surface area contributed by atoms with Crippen LogP contribution >= 0.6 is 0 Å². The highest BCUT2D eigenvalue weighted by molar-refractivity contribution is 5.95. The summed E-state index contributed by atoms with van der Waals surface area (Å²) in [6.07, 6.45) is -2.35. The summed E-state index contributed by atoms with van der Waals surface area (Å²) < 4.78 is 46.3. The number of para-hydroxylation sites is 1. The van der Waals surface area contributed by atoms with Crippen molar-refractivity contribution in [1.82, 2.24) is 4.90 Å². The molecule has 2 N–H and O–H groups in total. The monoisotopic (exact) mass is 541 g/mol.